The second kappa shape index (κ2) is 4.72. The van der Waals surface area contributed by atoms with Crippen molar-refractivity contribution in [1.82, 2.24) is 9.78 Å². The first kappa shape index (κ1) is 12.5. The van der Waals surface area contributed by atoms with E-state index < -0.39 is 0 Å². The summed E-state index contributed by atoms with van der Waals surface area (Å²) in [6.45, 7) is 6.07. The smallest absolute Gasteiger partial charge is 0.129 e. The highest BCUT2D eigenvalue weighted by atomic mass is 16.5. The van der Waals surface area contributed by atoms with Gasteiger partial charge in [-0.15, -0.1) is 0 Å². The molecule has 0 fully saturated rings. The zero-order valence-corrected chi connectivity index (χ0v) is 11.3. The van der Waals surface area contributed by atoms with Gasteiger partial charge in [0.25, 0.3) is 0 Å². The SMILES string of the molecule is Cc1ccc(OC(C)C)c(-c2cnn(C)c2N)c1. The average Bonchev–Trinajstić information content (AvgIpc) is 2.62. The summed E-state index contributed by atoms with van der Waals surface area (Å²) < 4.78 is 7.49. The van der Waals surface area contributed by atoms with E-state index in [0.29, 0.717) is 5.82 Å². The summed E-state index contributed by atoms with van der Waals surface area (Å²) >= 11 is 0. The van der Waals surface area contributed by atoms with E-state index >= 15 is 0 Å². The third-order valence-corrected chi connectivity index (χ3v) is 2.77. The number of benzene rings is 1. The first-order valence-electron chi connectivity index (χ1n) is 6.04. The summed E-state index contributed by atoms with van der Waals surface area (Å²) in [6.07, 6.45) is 1.90. The molecule has 0 radical (unpaired) electrons. The zero-order valence-electron chi connectivity index (χ0n) is 11.3. The van der Waals surface area contributed by atoms with Gasteiger partial charge in [-0.2, -0.15) is 5.10 Å². The van der Waals surface area contributed by atoms with Gasteiger partial charge in [0.2, 0.25) is 0 Å². The maximum absolute atomic E-state index is 6.03. The number of aromatic nitrogens is 2. The Kier molecular flexibility index (Phi) is 3.28. The molecule has 18 heavy (non-hydrogen) atoms. The average molecular weight is 245 g/mol. The Morgan fingerprint density at radius 2 is 2.00 bits per heavy atom. The van der Waals surface area contributed by atoms with Crippen molar-refractivity contribution < 1.29 is 4.74 Å². The summed E-state index contributed by atoms with van der Waals surface area (Å²) in [5.41, 5.74) is 9.11. The van der Waals surface area contributed by atoms with Crippen molar-refractivity contribution >= 4 is 5.82 Å². The number of nitrogen functional groups attached to an aromatic ring is 1. The fourth-order valence-electron chi connectivity index (χ4n) is 1.87. The molecule has 0 saturated heterocycles. The van der Waals surface area contributed by atoms with Gasteiger partial charge >= 0.3 is 0 Å². The van der Waals surface area contributed by atoms with Crippen LogP contribution in [0.5, 0.6) is 5.75 Å². The lowest BCUT2D eigenvalue weighted by Gasteiger charge is -2.14. The number of nitrogens with two attached hydrogens (primary N) is 1. The molecule has 4 nitrogen and oxygen atoms in total. The molecular formula is C14H19N3O. The van der Waals surface area contributed by atoms with Gasteiger partial charge in [0, 0.05) is 18.2 Å². The maximum atomic E-state index is 6.03. The normalized spacial score (nSPS) is 10.9. The number of hydrogen-bond donors (Lipinski definition) is 1. The lowest BCUT2D eigenvalue weighted by Crippen LogP contribution is -2.07. The molecule has 0 saturated carbocycles. The molecule has 0 aliphatic heterocycles. The van der Waals surface area contributed by atoms with Crippen molar-refractivity contribution in [2.24, 2.45) is 7.05 Å². The number of rotatable bonds is 3. The Bertz CT molecular complexity index is 558. The van der Waals surface area contributed by atoms with Crippen LogP contribution in [0.1, 0.15) is 19.4 Å². The molecule has 2 rings (SSSR count). The number of ether oxygens (including phenoxy) is 1. The van der Waals surface area contributed by atoms with Crippen LogP contribution >= 0.6 is 0 Å². The standard InChI is InChI=1S/C14H19N3O/c1-9(2)18-13-6-5-10(3)7-11(13)12-8-16-17(4)14(12)15/h5-9H,15H2,1-4H3. The summed E-state index contributed by atoms with van der Waals surface area (Å²) in [4.78, 5) is 0. The predicted molar refractivity (Wildman–Crippen MR) is 73.6 cm³/mol. The molecule has 2 aromatic rings. The number of anilines is 1. The summed E-state index contributed by atoms with van der Waals surface area (Å²) in [5.74, 6) is 1.49. The highest BCUT2D eigenvalue weighted by Gasteiger charge is 2.13. The second-order valence-electron chi connectivity index (χ2n) is 4.73. The van der Waals surface area contributed by atoms with E-state index in [2.05, 4.69) is 18.1 Å². The molecule has 2 N–H and O–H groups in total. The van der Waals surface area contributed by atoms with E-state index in [4.69, 9.17) is 10.5 Å². The van der Waals surface area contributed by atoms with Gasteiger partial charge in [-0.3, -0.25) is 4.68 Å². The molecule has 0 aliphatic carbocycles. The molecular weight excluding hydrogens is 226 g/mol. The van der Waals surface area contributed by atoms with E-state index in [1.807, 2.05) is 33.0 Å². The van der Waals surface area contributed by atoms with Crippen LogP contribution in [0.3, 0.4) is 0 Å². The van der Waals surface area contributed by atoms with Gasteiger partial charge in [0.1, 0.15) is 11.6 Å². The van der Waals surface area contributed by atoms with Crippen LogP contribution in [-0.4, -0.2) is 15.9 Å². The zero-order chi connectivity index (χ0) is 13.3. The highest BCUT2D eigenvalue weighted by Crippen LogP contribution is 2.34. The Morgan fingerprint density at radius 1 is 1.28 bits per heavy atom. The Hall–Kier alpha value is -1.97. The Morgan fingerprint density at radius 3 is 2.56 bits per heavy atom. The quantitative estimate of drug-likeness (QED) is 0.904. The second-order valence-corrected chi connectivity index (χ2v) is 4.73. The van der Waals surface area contributed by atoms with E-state index in [1.54, 1.807) is 10.9 Å². The van der Waals surface area contributed by atoms with Gasteiger partial charge in [-0.1, -0.05) is 11.6 Å². The van der Waals surface area contributed by atoms with Crippen LogP contribution in [0.25, 0.3) is 11.1 Å². The first-order valence-corrected chi connectivity index (χ1v) is 6.04. The molecule has 0 bridgehead atoms. The van der Waals surface area contributed by atoms with Gasteiger partial charge in [0.15, 0.2) is 0 Å². The lowest BCUT2D eigenvalue weighted by atomic mass is 10.0. The summed E-state index contributed by atoms with van der Waals surface area (Å²) in [5, 5.41) is 4.18. The van der Waals surface area contributed by atoms with Gasteiger partial charge in [-0.25, -0.2) is 0 Å². The van der Waals surface area contributed by atoms with Crippen molar-refractivity contribution in [3.05, 3.63) is 30.0 Å². The molecule has 0 atom stereocenters. The van der Waals surface area contributed by atoms with Crippen LogP contribution in [0, 0.1) is 6.92 Å². The minimum Gasteiger partial charge on any atom is -0.490 e. The van der Waals surface area contributed by atoms with Crippen molar-refractivity contribution in [2.45, 2.75) is 26.9 Å². The molecule has 4 heteroatoms. The molecule has 1 aromatic heterocycles. The minimum atomic E-state index is 0.129. The molecule has 1 aromatic carbocycles. The fraction of sp³-hybridized carbons (Fsp3) is 0.357. The van der Waals surface area contributed by atoms with E-state index in [1.165, 1.54) is 5.56 Å². The molecule has 1 heterocycles. The van der Waals surface area contributed by atoms with E-state index in [0.717, 1.165) is 16.9 Å². The van der Waals surface area contributed by atoms with Gasteiger partial charge in [-0.05, 0) is 32.9 Å². The highest BCUT2D eigenvalue weighted by molar-refractivity contribution is 5.78. The molecule has 0 amide bonds. The third-order valence-electron chi connectivity index (χ3n) is 2.77. The van der Waals surface area contributed by atoms with Gasteiger partial charge in [0.05, 0.1) is 12.3 Å². The van der Waals surface area contributed by atoms with E-state index in [-0.39, 0.29) is 6.10 Å². The van der Waals surface area contributed by atoms with Crippen LogP contribution in [0.15, 0.2) is 24.4 Å². The van der Waals surface area contributed by atoms with Crippen LogP contribution in [0.2, 0.25) is 0 Å². The minimum absolute atomic E-state index is 0.129. The molecule has 96 valence electrons. The van der Waals surface area contributed by atoms with Crippen LogP contribution in [-0.2, 0) is 7.05 Å². The molecule has 0 spiro atoms. The van der Waals surface area contributed by atoms with Crippen LogP contribution in [0.4, 0.5) is 5.82 Å². The number of hydrogen-bond acceptors (Lipinski definition) is 3. The van der Waals surface area contributed by atoms with Gasteiger partial charge < -0.3 is 10.5 Å². The third kappa shape index (κ3) is 2.32. The summed E-state index contributed by atoms with van der Waals surface area (Å²) in [6, 6.07) is 6.09. The largest absolute Gasteiger partial charge is 0.490 e. The van der Waals surface area contributed by atoms with Crippen LogP contribution < -0.4 is 10.5 Å². The monoisotopic (exact) mass is 245 g/mol. The number of nitrogens with zero attached hydrogens (tertiary/aromatic N) is 2. The van der Waals surface area contributed by atoms with E-state index in [9.17, 15) is 0 Å². The van der Waals surface area contributed by atoms with Crippen molar-refractivity contribution in [3.8, 4) is 16.9 Å². The van der Waals surface area contributed by atoms with Crippen molar-refractivity contribution in [2.75, 3.05) is 5.73 Å². The first-order chi connectivity index (χ1) is 8.49. The maximum Gasteiger partial charge on any atom is 0.129 e. The molecule has 0 unspecified atom stereocenters. The topological polar surface area (TPSA) is 53.1 Å². The fourth-order valence-corrected chi connectivity index (χ4v) is 1.87. The molecule has 0 aliphatic rings. The van der Waals surface area contributed by atoms with Crippen molar-refractivity contribution in [1.29, 1.82) is 0 Å². The predicted octanol–water partition coefficient (Wildman–Crippen LogP) is 2.76. The number of aryl methyl sites for hydroxylation is 2. The van der Waals surface area contributed by atoms with Crippen molar-refractivity contribution in [3.63, 3.8) is 0 Å². The lowest BCUT2D eigenvalue weighted by molar-refractivity contribution is 0.243. The summed E-state index contributed by atoms with van der Waals surface area (Å²) in [7, 11) is 1.83. The Labute approximate surface area is 107 Å². The Balaban J connectivity index is 2.54.